The summed E-state index contributed by atoms with van der Waals surface area (Å²) in [5.41, 5.74) is -0.176. The predicted octanol–water partition coefficient (Wildman–Crippen LogP) is 2.70. The number of nitro groups is 1. The third-order valence-electron chi connectivity index (χ3n) is 2.07. The van der Waals surface area contributed by atoms with Gasteiger partial charge in [-0.15, -0.1) is 0 Å². The van der Waals surface area contributed by atoms with Crippen LogP contribution >= 0.6 is 11.6 Å². The number of nitrogens with zero attached hydrogens (tertiary/aromatic N) is 4. The van der Waals surface area contributed by atoms with Crippen LogP contribution in [0.4, 0.5) is 5.69 Å². The van der Waals surface area contributed by atoms with E-state index in [-0.39, 0.29) is 28.2 Å². The molecule has 0 bridgehead atoms. The zero-order valence-electron chi connectivity index (χ0n) is 9.28. The van der Waals surface area contributed by atoms with E-state index in [0.29, 0.717) is 0 Å². The van der Waals surface area contributed by atoms with Gasteiger partial charge >= 0.3 is 11.7 Å². The van der Waals surface area contributed by atoms with E-state index in [2.05, 4.69) is 9.97 Å². The SMILES string of the molecule is N#Cc1ccnc(Oc2cc(Cl)ccc2[N+](=O)[O-])n1. The average molecular weight is 277 g/mol. The molecule has 2 aromatic rings. The molecule has 0 fully saturated rings. The Morgan fingerprint density at radius 2 is 2.21 bits per heavy atom. The number of hydrogen-bond donors (Lipinski definition) is 0. The summed E-state index contributed by atoms with van der Waals surface area (Å²) in [6, 6.07) is 6.90. The summed E-state index contributed by atoms with van der Waals surface area (Å²) in [7, 11) is 0. The molecule has 1 aromatic carbocycles. The Labute approximate surface area is 112 Å². The van der Waals surface area contributed by atoms with E-state index in [4.69, 9.17) is 21.6 Å². The maximum atomic E-state index is 10.8. The van der Waals surface area contributed by atoms with Gasteiger partial charge in [-0.05, 0) is 12.1 Å². The van der Waals surface area contributed by atoms with Crippen LogP contribution < -0.4 is 4.74 Å². The molecular formula is C11H5ClN4O3. The molecular weight excluding hydrogens is 272 g/mol. The van der Waals surface area contributed by atoms with Gasteiger partial charge in [0.1, 0.15) is 11.8 Å². The lowest BCUT2D eigenvalue weighted by molar-refractivity contribution is -0.385. The summed E-state index contributed by atoms with van der Waals surface area (Å²) in [4.78, 5) is 17.7. The first kappa shape index (κ1) is 12.7. The van der Waals surface area contributed by atoms with Gasteiger partial charge in [0.2, 0.25) is 5.75 Å². The van der Waals surface area contributed by atoms with Crippen molar-refractivity contribution < 1.29 is 9.66 Å². The molecule has 94 valence electrons. The fourth-order valence-corrected chi connectivity index (χ4v) is 1.43. The van der Waals surface area contributed by atoms with Crippen LogP contribution in [0.1, 0.15) is 5.69 Å². The number of rotatable bonds is 3. The largest absolute Gasteiger partial charge is 0.417 e. The Bertz CT molecular complexity index is 684. The maximum absolute atomic E-state index is 10.8. The highest BCUT2D eigenvalue weighted by molar-refractivity contribution is 6.30. The van der Waals surface area contributed by atoms with Crippen molar-refractivity contribution in [2.24, 2.45) is 0 Å². The van der Waals surface area contributed by atoms with Crippen LogP contribution in [0.2, 0.25) is 5.02 Å². The van der Waals surface area contributed by atoms with Crippen molar-refractivity contribution in [1.82, 2.24) is 9.97 Å². The van der Waals surface area contributed by atoms with Crippen LogP contribution in [0.5, 0.6) is 11.8 Å². The summed E-state index contributed by atoms with van der Waals surface area (Å²) in [6.07, 6.45) is 1.32. The lowest BCUT2D eigenvalue weighted by atomic mass is 10.3. The summed E-state index contributed by atoms with van der Waals surface area (Å²) in [5, 5.41) is 19.8. The molecule has 8 heteroatoms. The molecule has 1 aromatic heterocycles. The van der Waals surface area contributed by atoms with Crippen molar-refractivity contribution in [2.45, 2.75) is 0 Å². The monoisotopic (exact) mass is 276 g/mol. The van der Waals surface area contributed by atoms with Crippen molar-refractivity contribution in [2.75, 3.05) is 0 Å². The first-order chi connectivity index (χ1) is 9.10. The molecule has 2 rings (SSSR count). The van der Waals surface area contributed by atoms with Gasteiger partial charge in [-0.1, -0.05) is 11.6 Å². The van der Waals surface area contributed by atoms with E-state index in [1.807, 2.05) is 6.07 Å². The second-order valence-electron chi connectivity index (χ2n) is 3.31. The number of hydrogen-bond acceptors (Lipinski definition) is 6. The molecule has 1 heterocycles. The highest BCUT2D eigenvalue weighted by atomic mass is 35.5. The Morgan fingerprint density at radius 3 is 2.89 bits per heavy atom. The third kappa shape index (κ3) is 2.94. The maximum Gasteiger partial charge on any atom is 0.323 e. The fourth-order valence-electron chi connectivity index (χ4n) is 1.27. The lowest BCUT2D eigenvalue weighted by Gasteiger charge is -2.04. The molecule has 19 heavy (non-hydrogen) atoms. The minimum atomic E-state index is -0.611. The number of nitro benzene ring substituents is 1. The van der Waals surface area contributed by atoms with E-state index < -0.39 is 4.92 Å². The van der Waals surface area contributed by atoms with Gasteiger partial charge < -0.3 is 4.74 Å². The highest BCUT2D eigenvalue weighted by Gasteiger charge is 2.17. The fraction of sp³-hybridized carbons (Fsp3) is 0. The van der Waals surface area contributed by atoms with E-state index in [1.54, 1.807) is 0 Å². The molecule has 0 radical (unpaired) electrons. The topological polar surface area (TPSA) is 102 Å². The van der Waals surface area contributed by atoms with E-state index in [9.17, 15) is 10.1 Å². The number of nitriles is 1. The van der Waals surface area contributed by atoms with E-state index >= 15 is 0 Å². The molecule has 0 spiro atoms. The molecule has 0 aliphatic carbocycles. The van der Waals surface area contributed by atoms with Gasteiger partial charge in [-0.2, -0.15) is 10.2 Å². The molecule has 0 N–H and O–H groups in total. The van der Waals surface area contributed by atoms with Crippen molar-refractivity contribution >= 4 is 17.3 Å². The van der Waals surface area contributed by atoms with Gasteiger partial charge in [0.15, 0.2) is 0 Å². The van der Waals surface area contributed by atoms with Crippen LogP contribution in [0.25, 0.3) is 0 Å². The van der Waals surface area contributed by atoms with Crippen LogP contribution in [-0.2, 0) is 0 Å². The van der Waals surface area contributed by atoms with Crippen LogP contribution in [-0.4, -0.2) is 14.9 Å². The lowest BCUT2D eigenvalue weighted by Crippen LogP contribution is -1.97. The van der Waals surface area contributed by atoms with Crippen LogP contribution in [0.3, 0.4) is 0 Å². The van der Waals surface area contributed by atoms with Gasteiger partial charge in [0.05, 0.1) is 4.92 Å². The van der Waals surface area contributed by atoms with E-state index in [1.165, 1.54) is 30.5 Å². The van der Waals surface area contributed by atoms with E-state index in [0.717, 1.165) is 0 Å². The Hall–Kier alpha value is -2.72. The van der Waals surface area contributed by atoms with Gasteiger partial charge in [-0.3, -0.25) is 10.1 Å². The summed E-state index contributed by atoms with van der Waals surface area (Å²) in [5.74, 6) is -0.0902. The molecule has 0 saturated heterocycles. The van der Waals surface area contributed by atoms with Crippen molar-refractivity contribution in [1.29, 1.82) is 5.26 Å². The smallest absolute Gasteiger partial charge is 0.323 e. The van der Waals surface area contributed by atoms with Gasteiger partial charge in [0.25, 0.3) is 0 Å². The van der Waals surface area contributed by atoms with Gasteiger partial charge in [0, 0.05) is 23.4 Å². The summed E-state index contributed by atoms with van der Waals surface area (Å²) >= 11 is 5.75. The third-order valence-corrected chi connectivity index (χ3v) is 2.30. The zero-order chi connectivity index (χ0) is 13.8. The number of aromatic nitrogens is 2. The molecule has 0 aliphatic heterocycles. The first-order valence-electron chi connectivity index (χ1n) is 4.95. The average Bonchev–Trinajstić information content (AvgIpc) is 2.38. The zero-order valence-corrected chi connectivity index (χ0v) is 10.0. The Morgan fingerprint density at radius 1 is 1.42 bits per heavy atom. The van der Waals surface area contributed by atoms with Crippen LogP contribution in [0.15, 0.2) is 30.5 Å². The second-order valence-corrected chi connectivity index (χ2v) is 3.74. The molecule has 0 amide bonds. The van der Waals surface area contributed by atoms with Crippen LogP contribution in [0, 0.1) is 21.4 Å². The number of ether oxygens (including phenoxy) is 1. The molecule has 7 nitrogen and oxygen atoms in total. The predicted molar refractivity (Wildman–Crippen MR) is 64.9 cm³/mol. The Kier molecular flexibility index (Phi) is 3.54. The molecule has 0 aliphatic rings. The highest BCUT2D eigenvalue weighted by Crippen LogP contribution is 2.32. The number of halogens is 1. The molecule has 0 saturated carbocycles. The molecule has 0 atom stereocenters. The summed E-state index contributed by atoms with van der Waals surface area (Å²) in [6.45, 7) is 0. The number of benzene rings is 1. The van der Waals surface area contributed by atoms with Crippen molar-refractivity contribution in [3.05, 3.63) is 51.3 Å². The Balaban J connectivity index is 2.40. The minimum absolute atomic E-state index is 0.0902. The second kappa shape index (κ2) is 5.29. The normalized spacial score (nSPS) is 9.68. The van der Waals surface area contributed by atoms with Gasteiger partial charge in [-0.25, -0.2) is 4.98 Å². The van der Waals surface area contributed by atoms with Crippen molar-refractivity contribution in [3.63, 3.8) is 0 Å². The minimum Gasteiger partial charge on any atom is -0.417 e. The molecule has 0 unspecified atom stereocenters. The first-order valence-corrected chi connectivity index (χ1v) is 5.33. The standard InChI is InChI=1S/C11H5ClN4O3/c12-7-1-2-9(16(17)18)10(5-7)19-11-14-4-3-8(6-13)15-11/h1-5H. The quantitative estimate of drug-likeness (QED) is 0.631. The summed E-state index contributed by atoms with van der Waals surface area (Å²) < 4.78 is 5.19. The van der Waals surface area contributed by atoms with Crippen molar-refractivity contribution in [3.8, 4) is 17.8 Å².